The third kappa shape index (κ3) is 4.69. The number of rotatable bonds is 5. The van der Waals surface area contributed by atoms with E-state index in [1.54, 1.807) is 12.1 Å². The summed E-state index contributed by atoms with van der Waals surface area (Å²) in [6.07, 6.45) is 1.13. The molecule has 0 bridgehead atoms. The van der Waals surface area contributed by atoms with E-state index in [9.17, 15) is 4.39 Å². The van der Waals surface area contributed by atoms with E-state index in [-0.39, 0.29) is 12.0 Å². The quantitative estimate of drug-likeness (QED) is 0.496. The molecule has 4 heteroatoms. The third-order valence-corrected chi connectivity index (χ3v) is 5.99. The zero-order chi connectivity index (χ0) is 20.2. The van der Waals surface area contributed by atoms with Gasteiger partial charge in [-0.15, -0.1) is 0 Å². The number of halogens is 2. The molecule has 2 nitrogen and oxygen atoms in total. The molecular formula is C25H26ClFN2. The maximum Gasteiger partial charge on any atom is 0.127 e. The summed E-state index contributed by atoms with van der Waals surface area (Å²) in [7, 11) is 0. The van der Waals surface area contributed by atoms with Gasteiger partial charge in [0.05, 0.1) is 6.17 Å². The maximum atomic E-state index is 14.4. The Labute approximate surface area is 177 Å². The van der Waals surface area contributed by atoms with Gasteiger partial charge in [0.2, 0.25) is 0 Å². The summed E-state index contributed by atoms with van der Waals surface area (Å²) in [6, 6.07) is 23.8. The fourth-order valence-electron chi connectivity index (χ4n) is 4.13. The average molecular weight is 409 g/mol. The van der Waals surface area contributed by atoms with Crippen LogP contribution in [0.15, 0.2) is 72.8 Å². The van der Waals surface area contributed by atoms with Crippen LogP contribution in [0.2, 0.25) is 5.02 Å². The van der Waals surface area contributed by atoms with E-state index in [4.69, 9.17) is 11.6 Å². The molecule has 0 amide bonds. The van der Waals surface area contributed by atoms with Crippen molar-refractivity contribution in [3.05, 3.63) is 106 Å². The normalized spacial score (nSPS) is 18.1. The highest BCUT2D eigenvalue weighted by molar-refractivity contribution is 6.31. The molecule has 1 atom stereocenters. The van der Waals surface area contributed by atoms with Crippen molar-refractivity contribution in [2.24, 2.45) is 0 Å². The van der Waals surface area contributed by atoms with Crippen LogP contribution >= 0.6 is 11.6 Å². The van der Waals surface area contributed by atoms with Gasteiger partial charge in [0.15, 0.2) is 0 Å². The van der Waals surface area contributed by atoms with Crippen molar-refractivity contribution >= 4 is 11.6 Å². The van der Waals surface area contributed by atoms with Gasteiger partial charge in [0.1, 0.15) is 5.82 Å². The van der Waals surface area contributed by atoms with E-state index in [2.05, 4.69) is 47.1 Å². The zero-order valence-corrected chi connectivity index (χ0v) is 17.4. The minimum absolute atomic E-state index is 0.0835. The standard InChI is InChI=1S/C25H26ClFN2/c1-19-11-13-20(14-12-19)25-28(17-21-7-2-4-9-23(21)26)15-6-16-29(25)18-22-8-3-5-10-24(22)27/h2-5,7-14,25H,6,15-18H2,1H3/t25-/m1/s1. The average Bonchev–Trinajstić information content (AvgIpc) is 2.73. The topological polar surface area (TPSA) is 6.48 Å². The molecule has 1 aliphatic rings. The van der Waals surface area contributed by atoms with Crippen LogP contribution in [0.25, 0.3) is 0 Å². The van der Waals surface area contributed by atoms with E-state index in [1.807, 2.05) is 30.3 Å². The second kappa shape index (κ2) is 9.08. The van der Waals surface area contributed by atoms with Crippen LogP contribution in [0.4, 0.5) is 4.39 Å². The summed E-state index contributed by atoms with van der Waals surface area (Å²) in [5.74, 6) is -0.140. The molecule has 0 spiro atoms. The van der Waals surface area contributed by atoms with Crippen molar-refractivity contribution in [1.29, 1.82) is 0 Å². The molecule has 0 radical (unpaired) electrons. The summed E-state index contributed by atoms with van der Waals surface area (Å²) in [5, 5.41) is 0.793. The molecule has 150 valence electrons. The third-order valence-electron chi connectivity index (χ3n) is 5.62. The molecule has 0 saturated carbocycles. The fraction of sp³-hybridized carbons (Fsp3) is 0.280. The second-order valence-corrected chi connectivity index (χ2v) is 8.17. The Morgan fingerprint density at radius 2 is 1.41 bits per heavy atom. The molecule has 3 aromatic rings. The predicted molar refractivity (Wildman–Crippen MR) is 117 cm³/mol. The van der Waals surface area contributed by atoms with E-state index >= 15 is 0 Å². The van der Waals surface area contributed by atoms with Gasteiger partial charge in [0, 0.05) is 36.8 Å². The van der Waals surface area contributed by atoms with Gasteiger partial charge in [-0.25, -0.2) is 4.39 Å². The van der Waals surface area contributed by atoms with Gasteiger partial charge >= 0.3 is 0 Å². The zero-order valence-electron chi connectivity index (χ0n) is 16.7. The minimum Gasteiger partial charge on any atom is -0.280 e. The van der Waals surface area contributed by atoms with Gasteiger partial charge in [-0.05, 0) is 36.6 Å². The molecule has 4 rings (SSSR count). The van der Waals surface area contributed by atoms with Gasteiger partial charge < -0.3 is 0 Å². The predicted octanol–water partition coefficient (Wildman–Crippen LogP) is 6.19. The molecule has 1 saturated heterocycles. The number of aryl methyl sites for hydroxylation is 1. The molecule has 0 aromatic heterocycles. The van der Waals surface area contributed by atoms with Crippen LogP contribution in [-0.2, 0) is 13.1 Å². The van der Waals surface area contributed by atoms with Crippen LogP contribution in [-0.4, -0.2) is 22.9 Å². The first-order chi connectivity index (χ1) is 14.1. The highest BCUT2D eigenvalue weighted by Gasteiger charge is 2.31. The number of hydrogen-bond acceptors (Lipinski definition) is 2. The molecule has 1 fully saturated rings. The van der Waals surface area contributed by atoms with Gasteiger partial charge in [-0.1, -0.05) is 77.8 Å². The molecule has 1 aliphatic heterocycles. The lowest BCUT2D eigenvalue weighted by atomic mass is 10.0. The van der Waals surface area contributed by atoms with Crippen molar-refractivity contribution in [3.63, 3.8) is 0 Å². The summed E-state index contributed by atoms with van der Waals surface area (Å²) in [5.41, 5.74) is 4.34. The molecule has 3 aromatic carbocycles. The van der Waals surface area contributed by atoms with Crippen LogP contribution in [0, 0.1) is 12.7 Å². The Bertz CT molecular complexity index is 902. The largest absolute Gasteiger partial charge is 0.280 e. The first kappa shape index (κ1) is 20.1. The van der Waals surface area contributed by atoms with Crippen molar-refractivity contribution in [3.8, 4) is 0 Å². The van der Waals surface area contributed by atoms with Crippen molar-refractivity contribution < 1.29 is 4.39 Å². The van der Waals surface area contributed by atoms with Gasteiger partial charge in [0.25, 0.3) is 0 Å². The molecule has 29 heavy (non-hydrogen) atoms. The molecular weight excluding hydrogens is 383 g/mol. The van der Waals surface area contributed by atoms with Crippen LogP contribution in [0.3, 0.4) is 0 Å². The Morgan fingerprint density at radius 3 is 2.07 bits per heavy atom. The lowest BCUT2D eigenvalue weighted by Gasteiger charge is -2.44. The van der Waals surface area contributed by atoms with E-state index in [0.717, 1.165) is 42.2 Å². The summed E-state index contributed by atoms with van der Waals surface area (Å²) in [4.78, 5) is 4.83. The Hall–Kier alpha value is -2.20. The van der Waals surface area contributed by atoms with E-state index in [0.29, 0.717) is 6.54 Å². The highest BCUT2D eigenvalue weighted by atomic mass is 35.5. The molecule has 0 N–H and O–H groups in total. The Morgan fingerprint density at radius 1 is 0.828 bits per heavy atom. The maximum absolute atomic E-state index is 14.4. The lowest BCUT2D eigenvalue weighted by Crippen LogP contribution is -2.47. The van der Waals surface area contributed by atoms with Crippen molar-refractivity contribution in [1.82, 2.24) is 9.80 Å². The second-order valence-electron chi connectivity index (χ2n) is 7.76. The first-order valence-corrected chi connectivity index (χ1v) is 10.5. The molecule has 0 aliphatic carbocycles. The Balaban J connectivity index is 1.67. The fourth-order valence-corrected chi connectivity index (χ4v) is 4.33. The van der Waals surface area contributed by atoms with Gasteiger partial charge in [-0.3, -0.25) is 9.80 Å². The highest BCUT2D eigenvalue weighted by Crippen LogP contribution is 2.33. The SMILES string of the molecule is Cc1ccc([C@H]2N(Cc3ccccc3F)CCCN2Cc2ccccc2Cl)cc1. The number of nitrogens with zero attached hydrogens (tertiary/aromatic N) is 2. The first-order valence-electron chi connectivity index (χ1n) is 10.1. The Kier molecular flexibility index (Phi) is 6.29. The molecule has 0 unspecified atom stereocenters. The molecule has 1 heterocycles. The van der Waals surface area contributed by atoms with Gasteiger partial charge in [-0.2, -0.15) is 0 Å². The monoisotopic (exact) mass is 408 g/mol. The smallest absolute Gasteiger partial charge is 0.127 e. The lowest BCUT2D eigenvalue weighted by molar-refractivity contribution is -0.00963. The number of hydrogen-bond donors (Lipinski definition) is 0. The number of benzene rings is 3. The summed E-state index contributed by atoms with van der Waals surface area (Å²) >= 11 is 6.46. The minimum atomic E-state index is -0.140. The summed E-state index contributed by atoms with van der Waals surface area (Å²) < 4.78 is 14.4. The van der Waals surface area contributed by atoms with Crippen molar-refractivity contribution in [2.45, 2.75) is 32.6 Å². The van der Waals surface area contributed by atoms with Crippen LogP contribution in [0.5, 0.6) is 0 Å². The van der Waals surface area contributed by atoms with Crippen LogP contribution < -0.4 is 0 Å². The van der Waals surface area contributed by atoms with E-state index in [1.165, 1.54) is 11.1 Å². The van der Waals surface area contributed by atoms with E-state index < -0.39 is 0 Å². The van der Waals surface area contributed by atoms with Crippen molar-refractivity contribution in [2.75, 3.05) is 13.1 Å². The summed E-state index contributed by atoms with van der Waals surface area (Å²) in [6.45, 7) is 5.38. The van der Waals surface area contributed by atoms with Crippen LogP contribution in [0.1, 0.15) is 34.8 Å².